The maximum Gasteiger partial charge on any atom is 0.488 e. The Morgan fingerprint density at radius 2 is 0.656 bits per heavy atom. The molecule has 1 amide bonds. The molecule has 0 unspecified atom stereocenters. The maximum absolute atomic E-state index is 11.6. The first-order chi connectivity index (χ1) is 46.9. The van der Waals surface area contributed by atoms with E-state index >= 15 is 0 Å². The van der Waals surface area contributed by atoms with Gasteiger partial charge in [0.2, 0.25) is 0 Å². The molecule has 470 valence electrons. The van der Waals surface area contributed by atoms with E-state index in [4.69, 9.17) is 17.2 Å². The van der Waals surface area contributed by atoms with E-state index in [9.17, 15) is 14.8 Å². The molecule has 13 nitrogen and oxygen atoms in total. The highest BCUT2D eigenvalue weighted by molar-refractivity contribution is 9.10. The van der Waals surface area contributed by atoms with Gasteiger partial charge in [-0.1, -0.05) is 182 Å². The van der Waals surface area contributed by atoms with Crippen molar-refractivity contribution in [3.63, 3.8) is 0 Å². The van der Waals surface area contributed by atoms with Crippen molar-refractivity contribution < 1.29 is 14.8 Å². The molecule has 1 aliphatic rings. The van der Waals surface area contributed by atoms with Crippen molar-refractivity contribution in [2.45, 2.75) is 0 Å². The lowest BCUT2D eigenvalue weighted by Crippen LogP contribution is -2.29. The molecule has 96 heavy (non-hydrogen) atoms. The molecule has 0 fully saturated rings. The first-order valence-electron chi connectivity index (χ1n) is 30.7. The van der Waals surface area contributed by atoms with E-state index in [1.807, 2.05) is 164 Å². The van der Waals surface area contributed by atoms with Gasteiger partial charge in [-0.3, -0.25) is 4.79 Å². The van der Waals surface area contributed by atoms with Crippen LogP contribution in [0.15, 0.2) is 349 Å². The lowest BCUT2D eigenvalue weighted by Gasteiger charge is -2.25. The predicted octanol–water partition coefficient (Wildman–Crippen LogP) is 19.0. The topological polar surface area (TPSA) is 196 Å². The van der Waals surface area contributed by atoms with Crippen molar-refractivity contribution in [2.24, 2.45) is 0 Å². The summed E-state index contributed by atoms with van der Waals surface area (Å²) < 4.78 is 1.63. The third-order valence-electron chi connectivity index (χ3n) is 15.1. The third-order valence-corrected chi connectivity index (χ3v) is 16.2. The minimum absolute atomic E-state index is 0.0244. The number of nitrogens with one attached hydrogen (secondary N) is 1. The Morgan fingerprint density at radius 3 is 0.979 bits per heavy atom. The van der Waals surface area contributed by atoms with Crippen LogP contribution < -0.4 is 42.7 Å². The minimum atomic E-state index is -1.45. The molecule has 0 aliphatic carbocycles. The first kappa shape index (κ1) is 65.8. The number of anilines is 13. The van der Waals surface area contributed by atoms with Crippen molar-refractivity contribution in [1.82, 2.24) is 15.0 Å². The zero-order valence-corrected chi connectivity index (χ0v) is 55.1. The Balaban J connectivity index is 0.000000127. The molecule has 11 aromatic carbocycles. The Hall–Kier alpha value is -11.7. The Morgan fingerprint density at radius 1 is 0.333 bits per heavy atom. The number of benzene rings is 11. The van der Waals surface area contributed by atoms with Crippen LogP contribution in [0.2, 0.25) is 0 Å². The number of nitrogens with two attached hydrogens (primary N) is 3. The number of halogens is 2. The largest absolute Gasteiger partial charge is 0.488 e. The Labute approximate surface area is 575 Å². The average Bonchev–Trinajstić information content (AvgIpc) is 1.59. The SMILES string of the molecule is Nc1cccc(-c2ccc(N(c3ccccc3)c3ccccc3)cc2)n1.Nc1cccc(-c2ccc(N(c3ccccc3)c3ccccc3)cc2)n1.Nc1cccc(Br)n1.O=C1Nc2cccc3ccc(Br)c1c23.OB(O)c1ccc(N(c2ccccc2)c2ccccc2)cc1. The summed E-state index contributed by atoms with van der Waals surface area (Å²) in [6.45, 7) is 0. The number of nitrogens with zero attached hydrogens (tertiary/aromatic N) is 6. The van der Waals surface area contributed by atoms with Gasteiger partial charge in [0.25, 0.3) is 5.91 Å². The summed E-state index contributed by atoms with van der Waals surface area (Å²) >= 11 is 6.56. The van der Waals surface area contributed by atoms with Gasteiger partial charge in [0, 0.05) is 77.9 Å². The zero-order chi connectivity index (χ0) is 66.6. The summed E-state index contributed by atoms with van der Waals surface area (Å²) in [5.41, 5.74) is 32.6. The minimum Gasteiger partial charge on any atom is -0.423 e. The fraction of sp³-hybridized carbons (Fsp3) is 0. The molecule has 16 heteroatoms. The molecule has 0 radical (unpaired) electrons. The number of carbonyl (C=O) groups excluding carboxylic acids is 1. The summed E-state index contributed by atoms with van der Waals surface area (Å²) in [7, 11) is -1.45. The van der Waals surface area contributed by atoms with Crippen LogP contribution >= 0.6 is 31.9 Å². The van der Waals surface area contributed by atoms with E-state index in [1.165, 1.54) is 0 Å². The van der Waals surface area contributed by atoms with Gasteiger partial charge < -0.3 is 47.3 Å². The van der Waals surface area contributed by atoms with E-state index < -0.39 is 7.12 Å². The van der Waals surface area contributed by atoms with Crippen LogP contribution in [0.4, 0.5) is 74.3 Å². The Bertz CT molecular complexity index is 4490. The molecule has 0 bridgehead atoms. The summed E-state index contributed by atoms with van der Waals surface area (Å²) in [5.74, 6) is 1.58. The van der Waals surface area contributed by atoms with Gasteiger partial charge in [-0.05, 0) is 200 Å². The number of hydrogen-bond donors (Lipinski definition) is 6. The number of pyridine rings is 3. The van der Waals surface area contributed by atoms with Crippen molar-refractivity contribution in [1.29, 1.82) is 0 Å². The smallest absolute Gasteiger partial charge is 0.423 e. The fourth-order valence-electron chi connectivity index (χ4n) is 10.7. The van der Waals surface area contributed by atoms with Gasteiger partial charge in [0.1, 0.15) is 22.1 Å². The molecular weight excluding hydrogens is 1320 g/mol. The van der Waals surface area contributed by atoms with Crippen LogP contribution in [0.3, 0.4) is 0 Å². The van der Waals surface area contributed by atoms with Gasteiger partial charge in [0.05, 0.1) is 17.0 Å². The van der Waals surface area contributed by atoms with E-state index in [0.717, 1.165) is 105 Å². The number of rotatable bonds is 12. The molecule has 9 N–H and O–H groups in total. The summed E-state index contributed by atoms with van der Waals surface area (Å²) in [5, 5.41) is 23.4. The monoisotopic (exact) mass is 1380 g/mol. The molecule has 1 aliphatic heterocycles. The van der Waals surface area contributed by atoms with Crippen LogP contribution in [-0.4, -0.2) is 38.0 Å². The second kappa shape index (κ2) is 32.3. The first-order valence-corrected chi connectivity index (χ1v) is 32.3. The Kier molecular flexibility index (Phi) is 22.1. The number of nitrogen functional groups attached to an aromatic ring is 3. The van der Waals surface area contributed by atoms with E-state index in [2.05, 4.69) is 212 Å². The lowest BCUT2D eigenvalue weighted by molar-refractivity contribution is 0.103. The van der Waals surface area contributed by atoms with Crippen LogP contribution in [0.25, 0.3) is 33.3 Å². The van der Waals surface area contributed by atoms with Gasteiger partial charge in [-0.2, -0.15) is 0 Å². The second-order valence-corrected chi connectivity index (χ2v) is 23.3. The number of carbonyl (C=O) groups is 1. The lowest BCUT2D eigenvalue weighted by atomic mass is 9.80. The van der Waals surface area contributed by atoms with Crippen LogP contribution in [0.5, 0.6) is 0 Å². The van der Waals surface area contributed by atoms with Crippen molar-refractivity contribution in [3.05, 3.63) is 354 Å². The molecule has 0 saturated carbocycles. The number of para-hydroxylation sites is 6. The van der Waals surface area contributed by atoms with Gasteiger partial charge >= 0.3 is 7.12 Å². The molecule has 0 atom stereocenters. The van der Waals surface area contributed by atoms with Gasteiger partial charge in [0.15, 0.2) is 0 Å². The standard InChI is InChI=1S/2C23H19N3.C18H16BNO2.C11H6BrNO.C5H5BrN2/c2*24-23-13-7-12-22(25-23)18-14-16-21(17-15-18)26(19-8-3-1-4-9-19)20-10-5-2-6-11-20;21-19(22)15-11-13-18(14-12-15)20(16-7-3-1-4-8-16)17-9-5-2-6-10-17;12-7-5-4-6-2-1-3-8-9(6)10(7)11(14)13-8;6-4-2-1-3-5(7)8-4/h2*1-17H,(H2,24,25);1-14,21-22H;1-5H,(H,13,14);1-3H,(H2,7,8). The number of hydrogen-bond acceptors (Lipinski definition) is 12. The quantitative estimate of drug-likeness (QED) is 0.0501. The average molecular weight is 1390 g/mol. The number of amides is 1. The molecule has 14 aromatic rings. The highest BCUT2D eigenvalue weighted by Crippen LogP contribution is 2.39. The predicted molar refractivity (Wildman–Crippen MR) is 404 cm³/mol. The molecular formula is C80H65BBr2N10O3. The second-order valence-electron chi connectivity index (χ2n) is 21.6. The molecule has 15 rings (SSSR count). The van der Waals surface area contributed by atoms with Crippen LogP contribution in [0, 0.1) is 0 Å². The molecule has 3 aromatic heterocycles. The summed E-state index contributed by atoms with van der Waals surface area (Å²) in [6.07, 6.45) is 0. The molecule has 4 heterocycles. The summed E-state index contributed by atoms with van der Waals surface area (Å²) in [4.78, 5) is 30.9. The summed E-state index contributed by atoms with van der Waals surface area (Å²) in [6, 6.07) is 112. The highest BCUT2D eigenvalue weighted by Gasteiger charge is 2.24. The number of aromatic nitrogens is 3. The highest BCUT2D eigenvalue weighted by atomic mass is 79.9. The van der Waals surface area contributed by atoms with Gasteiger partial charge in [-0.15, -0.1) is 0 Å². The van der Waals surface area contributed by atoms with E-state index in [-0.39, 0.29) is 5.91 Å². The molecule has 0 spiro atoms. The van der Waals surface area contributed by atoms with Crippen LogP contribution in [-0.2, 0) is 0 Å². The normalized spacial score (nSPS) is 10.7. The van der Waals surface area contributed by atoms with E-state index in [1.54, 1.807) is 30.3 Å². The van der Waals surface area contributed by atoms with Crippen LogP contribution in [0.1, 0.15) is 10.4 Å². The molecule has 0 saturated heterocycles. The van der Waals surface area contributed by atoms with Crippen molar-refractivity contribution in [2.75, 3.05) is 37.2 Å². The van der Waals surface area contributed by atoms with Crippen molar-refractivity contribution in [3.8, 4) is 22.5 Å². The van der Waals surface area contributed by atoms with Gasteiger partial charge in [-0.25, -0.2) is 15.0 Å². The fourth-order valence-corrected chi connectivity index (χ4v) is 11.5. The zero-order valence-electron chi connectivity index (χ0n) is 51.9. The van der Waals surface area contributed by atoms with E-state index in [0.29, 0.717) is 22.9 Å². The third kappa shape index (κ3) is 16.9. The maximum atomic E-state index is 11.6. The van der Waals surface area contributed by atoms with Crippen molar-refractivity contribution >= 4 is 135 Å².